The second-order valence-corrected chi connectivity index (χ2v) is 4.81. The van der Waals surface area contributed by atoms with Crippen LogP contribution >= 0.6 is 0 Å². The maximum Gasteiger partial charge on any atom is 0.134 e. The molecule has 0 atom stereocenters. The lowest BCUT2D eigenvalue weighted by atomic mass is 10.1. The fraction of sp³-hybridized carbons (Fsp3) is 0.692. The Morgan fingerprint density at radius 3 is 3.00 bits per heavy atom. The zero-order chi connectivity index (χ0) is 13.0. The van der Waals surface area contributed by atoms with Gasteiger partial charge in [0.1, 0.15) is 11.6 Å². The maximum absolute atomic E-state index is 5.05. The molecule has 0 aliphatic carbocycles. The summed E-state index contributed by atoms with van der Waals surface area (Å²) in [6.07, 6.45) is 2.01. The number of aromatic nitrogens is 2. The molecule has 0 saturated heterocycles. The first-order chi connectivity index (χ1) is 8.70. The van der Waals surface area contributed by atoms with Crippen LogP contribution in [0.1, 0.15) is 23.5 Å². The molecule has 100 valence electrons. The SMILES string of the molecule is COCCCNc1nc(C)nc2c1CN(C)CC2. The summed E-state index contributed by atoms with van der Waals surface area (Å²) in [4.78, 5) is 11.4. The van der Waals surface area contributed by atoms with Crippen LogP contribution in [0, 0.1) is 6.92 Å². The first-order valence-electron chi connectivity index (χ1n) is 6.48. The van der Waals surface area contributed by atoms with Gasteiger partial charge in [-0.15, -0.1) is 0 Å². The first kappa shape index (κ1) is 13.2. The molecule has 1 aliphatic rings. The molecule has 0 spiro atoms. The summed E-state index contributed by atoms with van der Waals surface area (Å²) in [6.45, 7) is 5.63. The maximum atomic E-state index is 5.05. The molecule has 1 aliphatic heterocycles. The zero-order valence-corrected chi connectivity index (χ0v) is 11.5. The lowest BCUT2D eigenvalue weighted by Crippen LogP contribution is -2.29. The van der Waals surface area contributed by atoms with Gasteiger partial charge < -0.3 is 15.0 Å². The molecule has 0 amide bonds. The molecular formula is C13H22N4O. The van der Waals surface area contributed by atoms with Gasteiger partial charge in [-0.2, -0.15) is 0 Å². The highest BCUT2D eigenvalue weighted by Gasteiger charge is 2.19. The Bertz CT molecular complexity index is 408. The van der Waals surface area contributed by atoms with Crippen LogP contribution in [0.4, 0.5) is 5.82 Å². The van der Waals surface area contributed by atoms with Gasteiger partial charge in [-0.05, 0) is 20.4 Å². The van der Waals surface area contributed by atoms with E-state index in [-0.39, 0.29) is 0 Å². The number of nitrogens with zero attached hydrogens (tertiary/aromatic N) is 3. The molecular weight excluding hydrogens is 228 g/mol. The van der Waals surface area contributed by atoms with E-state index < -0.39 is 0 Å². The summed E-state index contributed by atoms with van der Waals surface area (Å²) in [5, 5.41) is 3.41. The third-order valence-electron chi connectivity index (χ3n) is 3.18. The molecule has 1 aromatic rings. The zero-order valence-electron chi connectivity index (χ0n) is 11.5. The Balaban J connectivity index is 2.10. The number of anilines is 1. The molecule has 0 radical (unpaired) electrons. The normalized spacial score (nSPS) is 15.5. The lowest BCUT2D eigenvalue weighted by molar-refractivity contribution is 0.197. The lowest BCUT2D eigenvalue weighted by Gasteiger charge is -2.26. The highest BCUT2D eigenvalue weighted by atomic mass is 16.5. The van der Waals surface area contributed by atoms with Crippen molar-refractivity contribution in [1.82, 2.24) is 14.9 Å². The quantitative estimate of drug-likeness (QED) is 0.796. The summed E-state index contributed by atoms with van der Waals surface area (Å²) in [5.74, 6) is 1.85. The molecule has 5 nitrogen and oxygen atoms in total. The van der Waals surface area contributed by atoms with Crippen molar-refractivity contribution >= 4 is 5.82 Å². The van der Waals surface area contributed by atoms with Gasteiger partial charge >= 0.3 is 0 Å². The van der Waals surface area contributed by atoms with Crippen molar-refractivity contribution < 1.29 is 4.74 Å². The Morgan fingerprint density at radius 2 is 2.22 bits per heavy atom. The molecule has 5 heteroatoms. The van der Waals surface area contributed by atoms with E-state index in [1.54, 1.807) is 7.11 Å². The van der Waals surface area contributed by atoms with Crippen molar-refractivity contribution in [2.75, 3.05) is 39.2 Å². The second-order valence-electron chi connectivity index (χ2n) is 4.81. The van der Waals surface area contributed by atoms with Crippen LogP contribution < -0.4 is 5.32 Å². The first-order valence-corrected chi connectivity index (χ1v) is 6.48. The van der Waals surface area contributed by atoms with Crippen LogP contribution in [0.3, 0.4) is 0 Å². The van der Waals surface area contributed by atoms with Gasteiger partial charge in [0.25, 0.3) is 0 Å². The highest BCUT2D eigenvalue weighted by molar-refractivity contribution is 5.47. The third kappa shape index (κ3) is 3.17. The van der Waals surface area contributed by atoms with Crippen molar-refractivity contribution in [3.8, 4) is 0 Å². The number of likely N-dealkylation sites (N-methyl/N-ethyl adjacent to an activating group) is 1. The molecule has 0 bridgehead atoms. The molecule has 2 heterocycles. The van der Waals surface area contributed by atoms with Gasteiger partial charge in [-0.25, -0.2) is 9.97 Å². The predicted octanol–water partition coefficient (Wildman–Crippen LogP) is 1.22. The average molecular weight is 250 g/mol. The molecule has 0 unspecified atom stereocenters. The molecule has 2 rings (SSSR count). The number of hydrogen-bond acceptors (Lipinski definition) is 5. The minimum Gasteiger partial charge on any atom is -0.385 e. The summed E-state index contributed by atoms with van der Waals surface area (Å²) in [5.41, 5.74) is 2.46. The van der Waals surface area contributed by atoms with Gasteiger partial charge in [0.2, 0.25) is 0 Å². The fourth-order valence-electron chi connectivity index (χ4n) is 2.24. The van der Waals surface area contributed by atoms with Crippen LogP contribution in [0.25, 0.3) is 0 Å². The number of hydrogen-bond donors (Lipinski definition) is 1. The van der Waals surface area contributed by atoms with E-state index in [0.29, 0.717) is 0 Å². The van der Waals surface area contributed by atoms with Crippen LogP contribution in [-0.2, 0) is 17.7 Å². The Morgan fingerprint density at radius 1 is 1.39 bits per heavy atom. The van der Waals surface area contributed by atoms with Gasteiger partial charge in [0.05, 0.1) is 5.69 Å². The number of ether oxygens (including phenoxy) is 1. The number of fused-ring (bicyclic) bond motifs is 1. The Labute approximate surface area is 109 Å². The van der Waals surface area contributed by atoms with Gasteiger partial charge in [0.15, 0.2) is 0 Å². The van der Waals surface area contributed by atoms with Gasteiger partial charge in [-0.3, -0.25) is 0 Å². The van der Waals surface area contributed by atoms with E-state index in [0.717, 1.165) is 50.7 Å². The summed E-state index contributed by atoms with van der Waals surface area (Å²) in [7, 11) is 3.86. The molecule has 1 N–H and O–H groups in total. The Kier molecular flexibility index (Phi) is 4.49. The van der Waals surface area contributed by atoms with E-state index in [2.05, 4.69) is 27.2 Å². The predicted molar refractivity (Wildman–Crippen MR) is 71.8 cm³/mol. The van der Waals surface area contributed by atoms with Crippen LogP contribution in [0.5, 0.6) is 0 Å². The van der Waals surface area contributed by atoms with Crippen molar-refractivity contribution in [2.45, 2.75) is 26.3 Å². The highest BCUT2D eigenvalue weighted by Crippen LogP contribution is 2.22. The third-order valence-corrected chi connectivity index (χ3v) is 3.18. The smallest absolute Gasteiger partial charge is 0.134 e. The van der Waals surface area contributed by atoms with Crippen molar-refractivity contribution in [2.24, 2.45) is 0 Å². The number of aryl methyl sites for hydroxylation is 1. The number of methoxy groups -OCH3 is 1. The molecule has 0 fully saturated rings. The van der Waals surface area contributed by atoms with Crippen molar-refractivity contribution in [1.29, 1.82) is 0 Å². The van der Waals surface area contributed by atoms with Crippen molar-refractivity contribution in [3.63, 3.8) is 0 Å². The van der Waals surface area contributed by atoms with Crippen molar-refractivity contribution in [3.05, 3.63) is 17.1 Å². The summed E-state index contributed by atoms with van der Waals surface area (Å²) >= 11 is 0. The number of nitrogens with one attached hydrogen (secondary N) is 1. The molecule has 18 heavy (non-hydrogen) atoms. The number of rotatable bonds is 5. The molecule has 0 aromatic carbocycles. The van der Waals surface area contributed by atoms with Crippen LogP contribution in [0.2, 0.25) is 0 Å². The second kappa shape index (κ2) is 6.11. The van der Waals surface area contributed by atoms with E-state index in [9.17, 15) is 0 Å². The van der Waals surface area contributed by atoms with E-state index in [1.165, 1.54) is 11.3 Å². The van der Waals surface area contributed by atoms with Crippen LogP contribution in [0.15, 0.2) is 0 Å². The fourth-order valence-corrected chi connectivity index (χ4v) is 2.24. The largest absolute Gasteiger partial charge is 0.385 e. The molecule has 1 aromatic heterocycles. The van der Waals surface area contributed by atoms with E-state index in [4.69, 9.17) is 4.74 Å². The van der Waals surface area contributed by atoms with Crippen LogP contribution in [-0.4, -0.2) is 48.7 Å². The van der Waals surface area contributed by atoms with Gasteiger partial charge in [0, 0.05) is 45.3 Å². The summed E-state index contributed by atoms with van der Waals surface area (Å²) < 4.78 is 5.05. The van der Waals surface area contributed by atoms with E-state index >= 15 is 0 Å². The minimum atomic E-state index is 0.777. The monoisotopic (exact) mass is 250 g/mol. The standard InChI is InChI=1S/C13H22N4O/c1-10-15-12-5-7-17(2)9-11(12)13(16-10)14-6-4-8-18-3/h4-9H2,1-3H3,(H,14,15,16). The minimum absolute atomic E-state index is 0.777. The Hall–Kier alpha value is -1.20. The average Bonchev–Trinajstić information content (AvgIpc) is 2.35. The van der Waals surface area contributed by atoms with Gasteiger partial charge in [-0.1, -0.05) is 0 Å². The van der Waals surface area contributed by atoms with E-state index in [1.807, 2.05) is 6.92 Å². The summed E-state index contributed by atoms with van der Waals surface area (Å²) in [6, 6.07) is 0. The molecule has 0 saturated carbocycles. The topological polar surface area (TPSA) is 50.3 Å².